The zero-order valence-corrected chi connectivity index (χ0v) is 23.0. The van der Waals surface area contributed by atoms with Crippen LogP contribution in [0.3, 0.4) is 0 Å². The van der Waals surface area contributed by atoms with E-state index >= 15 is 0 Å². The molecule has 4 aromatic rings. The SMILES string of the molecule is Cc1ccc(S(=O)(=O)N2CC(Br)=C(Br)C2(c2ccccc2)c2ccc(-c3ccccc3)cc2)cc1. The maximum atomic E-state index is 14.1. The molecular formula is C29H23Br2NO2S. The maximum absolute atomic E-state index is 14.1. The van der Waals surface area contributed by atoms with Gasteiger partial charge in [0.05, 0.1) is 4.90 Å². The van der Waals surface area contributed by atoms with Crippen LogP contribution in [0.1, 0.15) is 16.7 Å². The van der Waals surface area contributed by atoms with Gasteiger partial charge in [-0.25, -0.2) is 8.42 Å². The van der Waals surface area contributed by atoms with E-state index in [4.69, 9.17) is 0 Å². The number of nitrogens with zero attached hydrogens (tertiary/aromatic N) is 1. The van der Waals surface area contributed by atoms with Gasteiger partial charge in [0.25, 0.3) is 0 Å². The average molecular weight is 609 g/mol. The molecule has 0 amide bonds. The monoisotopic (exact) mass is 607 g/mol. The summed E-state index contributed by atoms with van der Waals surface area (Å²) in [6, 6.07) is 35.1. The van der Waals surface area contributed by atoms with Crippen molar-refractivity contribution in [3.63, 3.8) is 0 Å². The summed E-state index contributed by atoms with van der Waals surface area (Å²) in [7, 11) is -3.86. The third kappa shape index (κ3) is 4.12. The molecule has 1 aliphatic heterocycles. The first-order chi connectivity index (χ1) is 16.8. The van der Waals surface area contributed by atoms with Crippen LogP contribution >= 0.6 is 31.9 Å². The van der Waals surface area contributed by atoms with Gasteiger partial charge in [-0.1, -0.05) is 134 Å². The van der Waals surface area contributed by atoms with Crippen LogP contribution in [0.15, 0.2) is 123 Å². The molecule has 0 saturated carbocycles. The summed E-state index contributed by atoms with van der Waals surface area (Å²) in [6.45, 7) is 2.16. The Morgan fingerprint density at radius 1 is 0.686 bits per heavy atom. The smallest absolute Gasteiger partial charge is 0.207 e. The lowest BCUT2D eigenvalue weighted by atomic mass is 9.83. The molecule has 0 aliphatic carbocycles. The van der Waals surface area contributed by atoms with Gasteiger partial charge in [0.2, 0.25) is 10.0 Å². The van der Waals surface area contributed by atoms with Gasteiger partial charge in [-0.2, -0.15) is 4.31 Å². The number of benzene rings is 4. The molecule has 0 spiro atoms. The lowest BCUT2D eigenvalue weighted by molar-refractivity contribution is 0.329. The van der Waals surface area contributed by atoms with Crippen molar-refractivity contribution < 1.29 is 8.42 Å². The third-order valence-corrected chi connectivity index (χ3v) is 10.5. The second-order valence-corrected chi connectivity index (χ2v) is 12.2. The number of rotatable bonds is 5. The first-order valence-electron chi connectivity index (χ1n) is 11.2. The highest BCUT2D eigenvalue weighted by Gasteiger charge is 2.54. The van der Waals surface area contributed by atoms with Crippen LogP contribution in [0.4, 0.5) is 0 Å². The van der Waals surface area contributed by atoms with Crippen molar-refractivity contribution in [3.05, 3.63) is 135 Å². The lowest BCUT2D eigenvalue weighted by Crippen LogP contribution is -2.47. The van der Waals surface area contributed by atoms with E-state index in [1.54, 1.807) is 16.4 Å². The number of hydrogen-bond acceptors (Lipinski definition) is 2. The normalized spacial score (nSPS) is 18.7. The van der Waals surface area contributed by atoms with Gasteiger partial charge in [0.15, 0.2) is 0 Å². The topological polar surface area (TPSA) is 37.4 Å². The quantitative estimate of drug-likeness (QED) is 0.234. The van der Waals surface area contributed by atoms with Crippen molar-refractivity contribution in [1.82, 2.24) is 4.31 Å². The fraction of sp³-hybridized carbons (Fsp3) is 0.103. The van der Waals surface area contributed by atoms with E-state index in [1.807, 2.05) is 79.7 Å². The fourth-order valence-electron chi connectivity index (χ4n) is 4.64. The van der Waals surface area contributed by atoms with E-state index in [0.29, 0.717) is 0 Å². The van der Waals surface area contributed by atoms with Gasteiger partial charge < -0.3 is 0 Å². The van der Waals surface area contributed by atoms with Crippen LogP contribution in [-0.2, 0) is 15.6 Å². The molecule has 0 saturated heterocycles. The van der Waals surface area contributed by atoms with Crippen LogP contribution < -0.4 is 0 Å². The standard InChI is InChI=1S/C29H23Br2NO2S/c1-21-12-18-26(19-13-21)35(33,34)32-20-27(30)28(31)29(32,24-10-6-3-7-11-24)25-16-14-23(15-17-25)22-8-4-2-5-9-22/h2-19H,20H2,1H3. The summed E-state index contributed by atoms with van der Waals surface area (Å²) < 4.78 is 31.5. The molecule has 1 unspecified atom stereocenters. The van der Waals surface area contributed by atoms with Gasteiger partial charge >= 0.3 is 0 Å². The van der Waals surface area contributed by atoms with Crippen LogP contribution in [0.5, 0.6) is 0 Å². The maximum Gasteiger partial charge on any atom is 0.244 e. The molecule has 176 valence electrons. The first kappa shape index (κ1) is 24.2. The zero-order valence-electron chi connectivity index (χ0n) is 19.0. The molecule has 3 nitrogen and oxygen atoms in total. The second kappa shape index (κ2) is 9.51. The minimum absolute atomic E-state index is 0.214. The molecule has 1 heterocycles. The summed E-state index contributed by atoms with van der Waals surface area (Å²) in [5, 5.41) is 0. The van der Waals surface area contributed by atoms with Crippen LogP contribution in [0.2, 0.25) is 0 Å². The summed E-state index contributed by atoms with van der Waals surface area (Å²) in [5.74, 6) is 0. The highest BCUT2D eigenvalue weighted by atomic mass is 79.9. The van der Waals surface area contributed by atoms with E-state index in [-0.39, 0.29) is 11.4 Å². The Bertz CT molecular complexity index is 1480. The average Bonchev–Trinajstić information content (AvgIpc) is 3.17. The molecule has 0 fully saturated rings. The Labute approximate surface area is 223 Å². The molecule has 6 heteroatoms. The van der Waals surface area contributed by atoms with Crippen LogP contribution in [0, 0.1) is 6.92 Å². The number of sulfonamides is 1. The Morgan fingerprint density at radius 3 is 1.80 bits per heavy atom. The van der Waals surface area contributed by atoms with Crippen molar-refractivity contribution in [2.24, 2.45) is 0 Å². The van der Waals surface area contributed by atoms with Crippen LogP contribution in [0.25, 0.3) is 11.1 Å². The van der Waals surface area contributed by atoms with Crippen molar-refractivity contribution in [2.75, 3.05) is 6.54 Å². The molecule has 5 rings (SSSR count). The molecule has 4 aromatic carbocycles. The molecule has 0 radical (unpaired) electrons. The van der Waals surface area contributed by atoms with E-state index in [9.17, 15) is 8.42 Å². The van der Waals surface area contributed by atoms with Crippen LogP contribution in [-0.4, -0.2) is 19.3 Å². The Hall–Kier alpha value is -2.51. The van der Waals surface area contributed by atoms with Gasteiger partial charge in [-0.15, -0.1) is 0 Å². The van der Waals surface area contributed by atoms with E-state index < -0.39 is 15.6 Å². The Kier molecular flexibility index (Phi) is 6.57. The Morgan fingerprint density at radius 2 is 1.20 bits per heavy atom. The van der Waals surface area contributed by atoms with E-state index in [1.165, 1.54) is 0 Å². The summed E-state index contributed by atoms with van der Waals surface area (Å²) in [4.78, 5) is 0.270. The van der Waals surface area contributed by atoms with Gasteiger partial charge in [-0.3, -0.25) is 0 Å². The highest BCUT2D eigenvalue weighted by molar-refractivity contribution is 9.14. The van der Waals surface area contributed by atoms with Gasteiger partial charge in [0, 0.05) is 15.5 Å². The summed E-state index contributed by atoms with van der Waals surface area (Å²) in [6.07, 6.45) is 0. The molecule has 0 bridgehead atoms. The summed E-state index contributed by atoms with van der Waals surface area (Å²) in [5.41, 5.74) is 3.86. The number of hydrogen-bond donors (Lipinski definition) is 0. The van der Waals surface area contributed by atoms with Crippen molar-refractivity contribution >= 4 is 41.9 Å². The highest BCUT2D eigenvalue weighted by Crippen LogP contribution is 2.54. The van der Waals surface area contributed by atoms with Crippen molar-refractivity contribution in [1.29, 1.82) is 0 Å². The lowest BCUT2D eigenvalue weighted by Gasteiger charge is -2.39. The Balaban J connectivity index is 1.73. The minimum Gasteiger partial charge on any atom is -0.207 e. The van der Waals surface area contributed by atoms with E-state index in [2.05, 4.69) is 56.1 Å². The molecular weight excluding hydrogens is 586 g/mol. The van der Waals surface area contributed by atoms with Crippen molar-refractivity contribution in [2.45, 2.75) is 17.4 Å². The third-order valence-electron chi connectivity index (χ3n) is 6.42. The largest absolute Gasteiger partial charge is 0.244 e. The van der Waals surface area contributed by atoms with Gasteiger partial charge in [-0.05, 0) is 41.3 Å². The second-order valence-electron chi connectivity index (χ2n) is 8.56. The minimum atomic E-state index is -3.86. The molecule has 35 heavy (non-hydrogen) atoms. The fourth-order valence-corrected chi connectivity index (χ4v) is 7.96. The summed E-state index contributed by atoms with van der Waals surface area (Å²) >= 11 is 7.48. The number of aryl methyl sites for hydroxylation is 1. The number of halogens is 2. The molecule has 1 atom stereocenters. The first-order valence-corrected chi connectivity index (χ1v) is 14.2. The van der Waals surface area contributed by atoms with Gasteiger partial charge in [0.1, 0.15) is 5.54 Å². The molecule has 0 N–H and O–H groups in total. The molecule has 1 aliphatic rings. The van der Waals surface area contributed by atoms with E-state index in [0.717, 1.165) is 36.8 Å². The predicted molar refractivity (Wildman–Crippen MR) is 149 cm³/mol. The predicted octanol–water partition coefficient (Wildman–Crippen LogP) is 7.61. The van der Waals surface area contributed by atoms with Crippen molar-refractivity contribution in [3.8, 4) is 11.1 Å². The zero-order chi connectivity index (χ0) is 24.6. The molecule has 0 aromatic heterocycles.